The van der Waals surface area contributed by atoms with Crippen molar-refractivity contribution in [3.8, 4) is 0 Å². The van der Waals surface area contributed by atoms with E-state index in [4.69, 9.17) is 5.11 Å². The number of carbonyl (C=O) groups is 1. The fraction of sp³-hybridized carbons (Fsp3) is 0.750. The lowest BCUT2D eigenvalue weighted by atomic mass is 9.82. The zero-order valence-electron chi connectivity index (χ0n) is 10.3. The monoisotopic (exact) mass is 260 g/mol. The lowest BCUT2D eigenvalue weighted by Gasteiger charge is -2.26. The molecule has 0 aromatic rings. The van der Waals surface area contributed by atoms with Gasteiger partial charge in [0.1, 0.15) is 0 Å². The second kappa shape index (κ2) is 5.67. The van der Waals surface area contributed by atoms with Crippen molar-refractivity contribution in [2.75, 3.05) is 6.26 Å². The Morgan fingerprint density at radius 1 is 1.59 bits per heavy atom. The number of allylic oxidation sites excluding steroid dienone is 2. The van der Waals surface area contributed by atoms with Gasteiger partial charge in [-0.15, -0.1) is 0 Å². The van der Waals surface area contributed by atoms with Crippen LogP contribution in [0.25, 0.3) is 0 Å². The maximum absolute atomic E-state index is 11.3. The third kappa shape index (κ3) is 4.50. The summed E-state index contributed by atoms with van der Waals surface area (Å²) in [5.74, 6) is -0.0108. The van der Waals surface area contributed by atoms with Crippen LogP contribution in [0, 0.1) is 11.8 Å². The van der Waals surface area contributed by atoms with Crippen LogP contribution in [0.15, 0.2) is 11.0 Å². The van der Waals surface area contributed by atoms with Crippen LogP contribution >= 0.6 is 0 Å². The molecule has 0 bridgehead atoms. The SMILES string of the molecule is CC(CCC(=O)O)C1CC=C(S(C)(=O)=O)CC1. The minimum atomic E-state index is -3.03. The first-order chi connectivity index (χ1) is 7.80. The number of carboxylic acids is 1. The zero-order valence-corrected chi connectivity index (χ0v) is 11.2. The van der Waals surface area contributed by atoms with Crippen molar-refractivity contribution in [2.24, 2.45) is 11.8 Å². The van der Waals surface area contributed by atoms with Gasteiger partial charge < -0.3 is 5.11 Å². The van der Waals surface area contributed by atoms with E-state index in [0.717, 1.165) is 12.8 Å². The van der Waals surface area contributed by atoms with E-state index in [2.05, 4.69) is 0 Å². The van der Waals surface area contributed by atoms with Crippen LogP contribution in [0.3, 0.4) is 0 Å². The van der Waals surface area contributed by atoms with Gasteiger partial charge in [0.15, 0.2) is 9.84 Å². The Hall–Kier alpha value is -0.840. The summed E-state index contributed by atoms with van der Waals surface area (Å²) in [7, 11) is -3.03. The van der Waals surface area contributed by atoms with Crippen molar-refractivity contribution in [1.82, 2.24) is 0 Å². The first kappa shape index (κ1) is 14.2. The summed E-state index contributed by atoms with van der Waals surface area (Å²) in [6, 6.07) is 0. The molecule has 1 aliphatic rings. The maximum atomic E-state index is 11.3. The normalized spacial score (nSPS) is 22.9. The third-order valence-electron chi connectivity index (χ3n) is 3.50. The zero-order chi connectivity index (χ0) is 13.1. The molecule has 0 saturated heterocycles. The number of sulfone groups is 1. The Kier molecular flexibility index (Phi) is 4.74. The molecule has 1 rings (SSSR count). The summed E-state index contributed by atoms with van der Waals surface area (Å²) >= 11 is 0. The second-order valence-electron chi connectivity index (χ2n) is 4.89. The molecule has 98 valence electrons. The smallest absolute Gasteiger partial charge is 0.303 e. The van der Waals surface area contributed by atoms with E-state index in [1.165, 1.54) is 6.26 Å². The quantitative estimate of drug-likeness (QED) is 0.822. The highest BCUT2D eigenvalue weighted by Crippen LogP contribution is 2.33. The van der Waals surface area contributed by atoms with Gasteiger partial charge in [-0.1, -0.05) is 13.0 Å². The van der Waals surface area contributed by atoms with Gasteiger partial charge in [-0.2, -0.15) is 0 Å². The highest BCUT2D eigenvalue weighted by molar-refractivity contribution is 7.94. The molecule has 0 saturated carbocycles. The van der Waals surface area contributed by atoms with Crippen molar-refractivity contribution >= 4 is 15.8 Å². The lowest BCUT2D eigenvalue weighted by molar-refractivity contribution is -0.137. The van der Waals surface area contributed by atoms with Gasteiger partial charge in [0.25, 0.3) is 0 Å². The van der Waals surface area contributed by atoms with Gasteiger partial charge in [0, 0.05) is 17.6 Å². The van der Waals surface area contributed by atoms with Crippen LogP contribution in [-0.2, 0) is 14.6 Å². The molecule has 0 heterocycles. The van der Waals surface area contributed by atoms with Gasteiger partial charge in [-0.3, -0.25) is 4.79 Å². The molecule has 2 unspecified atom stereocenters. The van der Waals surface area contributed by atoms with E-state index in [1.54, 1.807) is 6.08 Å². The minimum absolute atomic E-state index is 0.195. The first-order valence-electron chi connectivity index (χ1n) is 5.91. The molecule has 0 radical (unpaired) electrons. The van der Waals surface area contributed by atoms with E-state index in [-0.39, 0.29) is 6.42 Å². The van der Waals surface area contributed by atoms with Crippen LogP contribution < -0.4 is 0 Å². The summed E-state index contributed by atoms with van der Waals surface area (Å²) in [5, 5.41) is 8.62. The molecule has 0 aromatic heterocycles. The lowest BCUT2D eigenvalue weighted by Crippen LogP contribution is -2.18. The summed E-state index contributed by atoms with van der Waals surface area (Å²) in [6.45, 7) is 2.05. The largest absolute Gasteiger partial charge is 0.481 e. The average molecular weight is 260 g/mol. The molecular weight excluding hydrogens is 240 g/mol. The molecular formula is C12H20O4S. The van der Waals surface area contributed by atoms with Crippen LogP contribution in [0.4, 0.5) is 0 Å². The number of rotatable bonds is 5. The Bertz CT molecular complexity index is 408. The Morgan fingerprint density at radius 3 is 2.65 bits per heavy atom. The second-order valence-corrected chi connectivity index (χ2v) is 6.96. The van der Waals surface area contributed by atoms with E-state index in [9.17, 15) is 13.2 Å². The van der Waals surface area contributed by atoms with Crippen molar-refractivity contribution in [3.63, 3.8) is 0 Å². The van der Waals surface area contributed by atoms with Crippen molar-refractivity contribution in [2.45, 2.75) is 39.0 Å². The van der Waals surface area contributed by atoms with Gasteiger partial charge in [0.05, 0.1) is 0 Å². The molecule has 5 heteroatoms. The summed E-state index contributed by atoms with van der Waals surface area (Å²) < 4.78 is 22.7. The van der Waals surface area contributed by atoms with Crippen molar-refractivity contribution < 1.29 is 18.3 Å². The molecule has 1 N–H and O–H groups in total. The topological polar surface area (TPSA) is 71.4 Å². The fourth-order valence-electron chi connectivity index (χ4n) is 2.27. The summed E-state index contributed by atoms with van der Waals surface area (Å²) in [6.07, 6.45) is 6.11. The Balaban J connectivity index is 2.51. The molecule has 0 aromatic carbocycles. The number of hydrogen-bond acceptors (Lipinski definition) is 3. The van der Waals surface area contributed by atoms with E-state index >= 15 is 0 Å². The van der Waals surface area contributed by atoms with Crippen molar-refractivity contribution in [3.05, 3.63) is 11.0 Å². The van der Waals surface area contributed by atoms with Crippen LogP contribution in [0.5, 0.6) is 0 Å². The number of aliphatic carboxylic acids is 1. The van der Waals surface area contributed by atoms with Crippen molar-refractivity contribution in [1.29, 1.82) is 0 Å². The first-order valence-corrected chi connectivity index (χ1v) is 7.80. The van der Waals surface area contributed by atoms with Crippen LogP contribution in [-0.4, -0.2) is 25.7 Å². The van der Waals surface area contributed by atoms with E-state index in [0.29, 0.717) is 29.6 Å². The fourth-order valence-corrected chi connectivity index (χ4v) is 3.16. The standard InChI is InChI=1S/C12H20O4S/c1-9(3-8-12(13)14)10-4-6-11(7-5-10)17(2,15)16/h6,9-10H,3-5,7-8H2,1-2H3,(H,13,14). The third-order valence-corrected chi connectivity index (χ3v) is 4.83. The van der Waals surface area contributed by atoms with Gasteiger partial charge in [0.2, 0.25) is 0 Å². The average Bonchev–Trinajstić information content (AvgIpc) is 2.25. The molecule has 0 fully saturated rings. The summed E-state index contributed by atoms with van der Waals surface area (Å²) in [5.41, 5.74) is 0. The predicted octanol–water partition coefficient (Wildman–Crippen LogP) is 2.22. The van der Waals surface area contributed by atoms with Crippen LogP contribution in [0.1, 0.15) is 39.0 Å². The molecule has 1 aliphatic carbocycles. The molecule has 0 amide bonds. The Morgan fingerprint density at radius 2 is 2.24 bits per heavy atom. The van der Waals surface area contributed by atoms with Gasteiger partial charge >= 0.3 is 5.97 Å². The predicted molar refractivity (Wildman–Crippen MR) is 66.3 cm³/mol. The molecule has 4 nitrogen and oxygen atoms in total. The number of hydrogen-bond donors (Lipinski definition) is 1. The minimum Gasteiger partial charge on any atom is -0.481 e. The van der Waals surface area contributed by atoms with E-state index < -0.39 is 15.8 Å². The molecule has 0 aliphatic heterocycles. The van der Waals surface area contributed by atoms with Crippen LogP contribution in [0.2, 0.25) is 0 Å². The molecule has 2 atom stereocenters. The van der Waals surface area contributed by atoms with Gasteiger partial charge in [-0.05, 0) is 37.5 Å². The molecule has 0 spiro atoms. The highest BCUT2D eigenvalue weighted by Gasteiger charge is 2.24. The molecule has 17 heavy (non-hydrogen) atoms. The van der Waals surface area contributed by atoms with E-state index in [1.807, 2.05) is 6.92 Å². The number of carboxylic acid groups (broad SMARTS) is 1. The maximum Gasteiger partial charge on any atom is 0.303 e. The summed E-state index contributed by atoms with van der Waals surface area (Å²) in [4.78, 5) is 11.0. The highest BCUT2D eigenvalue weighted by atomic mass is 32.2. The van der Waals surface area contributed by atoms with Gasteiger partial charge in [-0.25, -0.2) is 8.42 Å². The Labute approximate surface area is 103 Å².